The van der Waals surface area contributed by atoms with Crippen molar-refractivity contribution >= 4 is 11.9 Å². The van der Waals surface area contributed by atoms with Crippen molar-refractivity contribution in [2.24, 2.45) is 11.3 Å². The normalized spacial score (nSPS) is 24.3. The predicted molar refractivity (Wildman–Crippen MR) is 73.9 cm³/mol. The fourth-order valence-corrected chi connectivity index (χ4v) is 2.30. The maximum absolute atomic E-state index is 11.8. The summed E-state index contributed by atoms with van der Waals surface area (Å²) in [7, 11) is 0. The van der Waals surface area contributed by atoms with Crippen LogP contribution in [0.4, 0.5) is 0 Å². The zero-order valence-electron chi connectivity index (χ0n) is 12.4. The number of likely N-dealkylation sites (tertiary alicyclic amines) is 1. The van der Waals surface area contributed by atoms with Crippen LogP contribution in [-0.4, -0.2) is 47.6 Å². The number of aliphatic carboxylic acids is 1. The molecule has 0 spiro atoms. The van der Waals surface area contributed by atoms with Crippen LogP contribution in [0.15, 0.2) is 0 Å². The van der Waals surface area contributed by atoms with Crippen molar-refractivity contribution in [3.05, 3.63) is 0 Å². The van der Waals surface area contributed by atoms with Gasteiger partial charge in [0.05, 0.1) is 5.92 Å². The molecule has 19 heavy (non-hydrogen) atoms. The summed E-state index contributed by atoms with van der Waals surface area (Å²) in [6, 6.07) is 0.0737. The Morgan fingerprint density at radius 3 is 2.42 bits per heavy atom. The molecule has 0 radical (unpaired) electrons. The van der Waals surface area contributed by atoms with E-state index < -0.39 is 11.9 Å². The molecule has 1 fully saturated rings. The Labute approximate surface area is 115 Å². The second-order valence-corrected chi connectivity index (χ2v) is 6.56. The minimum absolute atomic E-state index is 0.0357. The zero-order valence-corrected chi connectivity index (χ0v) is 12.4. The molecule has 1 aliphatic heterocycles. The van der Waals surface area contributed by atoms with E-state index >= 15 is 0 Å². The summed E-state index contributed by atoms with van der Waals surface area (Å²) in [5.74, 6) is -1.23. The third kappa shape index (κ3) is 5.19. The van der Waals surface area contributed by atoms with Crippen LogP contribution < -0.4 is 5.32 Å². The maximum atomic E-state index is 11.8. The molecule has 2 unspecified atom stereocenters. The van der Waals surface area contributed by atoms with Gasteiger partial charge in [0.15, 0.2) is 0 Å². The molecule has 0 aromatic carbocycles. The number of carboxylic acids is 1. The largest absolute Gasteiger partial charge is 0.481 e. The number of carboxylic acid groups (broad SMARTS) is 1. The van der Waals surface area contributed by atoms with Crippen LogP contribution in [0.1, 0.15) is 40.5 Å². The summed E-state index contributed by atoms with van der Waals surface area (Å²) in [6.07, 6.45) is 1.03. The van der Waals surface area contributed by atoms with Gasteiger partial charge in [0.1, 0.15) is 0 Å². The summed E-state index contributed by atoms with van der Waals surface area (Å²) in [5.41, 5.74) is 0.149. The number of nitrogens with one attached hydrogen (secondary N) is 1. The number of carbonyl (C=O) groups is 2. The quantitative estimate of drug-likeness (QED) is 0.808. The third-order valence-corrected chi connectivity index (χ3v) is 3.38. The highest BCUT2D eigenvalue weighted by Gasteiger charge is 2.33. The van der Waals surface area contributed by atoms with Gasteiger partial charge in [-0.25, -0.2) is 0 Å². The van der Waals surface area contributed by atoms with E-state index in [9.17, 15) is 14.7 Å². The number of hydrogen-bond acceptors (Lipinski definition) is 3. The first-order chi connectivity index (χ1) is 8.73. The molecule has 2 N–H and O–H groups in total. The van der Waals surface area contributed by atoms with Gasteiger partial charge in [0, 0.05) is 32.1 Å². The molecule has 5 heteroatoms. The number of rotatable bonds is 4. The molecule has 0 aromatic heterocycles. The Bertz CT molecular complexity index is 336. The number of hydrogen-bond donors (Lipinski definition) is 2. The molecule has 1 heterocycles. The first kappa shape index (κ1) is 16.0. The molecule has 0 bridgehead atoms. The van der Waals surface area contributed by atoms with E-state index in [2.05, 4.69) is 26.1 Å². The van der Waals surface area contributed by atoms with Crippen molar-refractivity contribution in [2.75, 3.05) is 19.6 Å². The van der Waals surface area contributed by atoms with Gasteiger partial charge in [-0.1, -0.05) is 27.7 Å². The van der Waals surface area contributed by atoms with E-state index in [1.54, 1.807) is 4.90 Å². The molecular formula is C14H26N2O3. The van der Waals surface area contributed by atoms with Crippen molar-refractivity contribution in [3.8, 4) is 0 Å². The summed E-state index contributed by atoms with van der Waals surface area (Å²) >= 11 is 0. The number of nitrogens with zero attached hydrogens (tertiary/aromatic N) is 1. The smallest absolute Gasteiger partial charge is 0.308 e. The predicted octanol–water partition coefficient (Wildman–Crippen LogP) is 1.33. The topological polar surface area (TPSA) is 69.6 Å². The SMILES string of the molecule is CCC(=O)N1CC(NCC(C)(C)C)CC(C(=O)O)C1. The Balaban J connectivity index is 2.65. The van der Waals surface area contributed by atoms with Gasteiger partial charge in [-0.2, -0.15) is 0 Å². The summed E-state index contributed by atoms with van der Waals surface area (Å²) < 4.78 is 0. The van der Waals surface area contributed by atoms with Crippen LogP contribution in [-0.2, 0) is 9.59 Å². The highest BCUT2D eigenvalue weighted by atomic mass is 16.4. The molecule has 5 nitrogen and oxygen atoms in total. The Morgan fingerprint density at radius 1 is 1.32 bits per heavy atom. The lowest BCUT2D eigenvalue weighted by atomic mass is 9.91. The Hall–Kier alpha value is -1.10. The second kappa shape index (κ2) is 6.37. The molecule has 1 amide bonds. The average molecular weight is 270 g/mol. The number of carbonyl (C=O) groups excluding carboxylic acids is 1. The fraction of sp³-hybridized carbons (Fsp3) is 0.857. The van der Waals surface area contributed by atoms with E-state index in [4.69, 9.17) is 0 Å². The first-order valence-corrected chi connectivity index (χ1v) is 6.97. The Kier molecular flexibility index (Phi) is 5.35. The molecule has 1 rings (SSSR count). The minimum atomic E-state index is -0.809. The van der Waals surface area contributed by atoms with Gasteiger partial charge in [0.2, 0.25) is 5.91 Å². The minimum Gasteiger partial charge on any atom is -0.481 e. The first-order valence-electron chi connectivity index (χ1n) is 6.97. The Morgan fingerprint density at radius 2 is 1.95 bits per heavy atom. The van der Waals surface area contributed by atoms with Gasteiger partial charge >= 0.3 is 5.97 Å². The van der Waals surface area contributed by atoms with E-state index in [0.717, 1.165) is 6.54 Å². The van der Waals surface area contributed by atoms with Crippen LogP contribution in [0.3, 0.4) is 0 Å². The molecule has 0 aromatic rings. The van der Waals surface area contributed by atoms with Crippen LogP contribution in [0.25, 0.3) is 0 Å². The van der Waals surface area contributed by atoms with Crippen molar-refractivity contribution < 1.29 is 14.7 Å². The van der Waals surface area contributed by atoms with Gasteiger partial charge in [-0.15, -0.1) is 0 Å². The third-order valence-electron chi connectivity index (χ3n) is 3.38. The van der Waals surface area contributed by atoms with Crippen LogP contribution in [0.5, 0.6) is 0 Å². The van der Waals surface area contributed by atoms with Gasteiger partial charge in [0.25, 0.3) is 0 Å². The van der Waals surface area contributed by atoms with Crippen LogP contribution in [0, 0.1) is 11.3 Å². The van der Waals surface area contributed by atoms with Gasteiger partial charge in [-0.05, 0) is 11.8 Å². The van der Waals surface area contributed by atoms with E-state index in [1.807, 2.05) is 6.92 Å². The molecule has 1 saturated heterocycles. The molecule has 2 atom stereocenters. The van der Waals surface area contributed by atoms with Gasteiger partial charge in [-0.3, -0.25) is 9.59 Å². The van der Waals surface area contributed by atoms with Crippen molar-refractivity contribution in [2.45, 2.75) is 46.6 Å². The molecule has 110 valence electrons. The van der Waals surface area contributed by atoms with Gasteiger partial charge < -0.3 is 15.3 Å². The highest BCUT2D eigenvalue weighted by molar-refractivity contribution is 5.77. The van der Waals surface area contributed by atoms with Crippen LogP contribution >= 0.6 is 0 Å². The van der Waals surface area contributed by atoms with Crippen LogP contribution in [0.2, 0.25) is 0 Å². The van der Waals surface area contributed by atoms with E-state index in [1.165, 1.54) is 0 Å². The summed E-state index contributed by atoms with van der Waals surface area (Å²) in [5, 5.41) is 12.6. The van der Waals surface area contributed by atoms with Crippen molar-refractivity contribution in [3.63, 3.8) is 0 Å². The summed E-state index contributed by atoms with van der Waals surface area (Å²) in [6.45, 7) is 9.98. The lowest BCUT2D eigenvalue weighted by Crippen LogP contribution is -2.53. The van der Waals surface area contributed by atoms with Crippen molar-refractivity contribution in [1.29, 1.82) is 0 Å². The molecule has 0 saturated carbocycles. The average Bonchev–Trinajstić information content (AvgIpc) is 2.34. The molecule has 1 aliphatic rings. The lowest BCUT2D eigenvalue weighted by Gasteiger charge is -2.37. The maximum Gasteiger partial charge on any atom is 0.308 e. The number of piperidine rings is 1. The number of amides is 1. The van der Waals surface area contributed by atoms with E-state index in [-0.39, 0.29) is 17.4 Å². The lowest BCUT2D eigenvalue weighted by molar-refractivity contribution is -0.146. The molecular weight excluding hydrogens is 244 g/mol. The van der Waals surface area contributed by atoms with Crippen molar-refractivity contribution in [1.82, 2.24) is 10.2 Å². The summed E-state index contributed by atoms with van der Waals surface area (Å²) in [4.78, 5) is 24.7. The van der Waals surface area contributed by atoms with E-state index in [0.29, 0.717) is 25.9 Å². The zero-order chi connectivity index (χ0) is 14.6. The second-order valence-electron chi connectivity index (χ2n) is 6.56. The fourth-order valence-electron chi connectivity index (χ4n) is 2.30. The molecule has 0 aliphatic carbocycles. The standard InChI is InChI=1S/C14H26N2O3/c1-5-12(17)16-7-10(13(18)19)6-11(8-16)15-9-14(2,3)4/h10-11,15H,5-9H2,1-4H3,(H,18,19). The highest BCUT2D eigenvalue weighted by Crippen LogP contribution is 2.19. The monoisotopic (exact) mass is 270 g/mol.